The molecule has 28 heavy (non-hydrogen) atoms. The van der Waals surface area contributed by atoms with Crippen molar-refractivity contribution < 1.29 is 9.53 Å². The number of carbonyl (C=O) groups is 1. The number of aromatic amines is 1. The lowest BCUT2D eigenvalue weighted by molar-refractivity contribution is 0.0938. The zero-order chi connectivity index (χ0) is 19.1. The van der Waals surface area contributed by atoms with E-state index in [-0.39, 0.29) is 11.9 Å². The highest BCUT2D eigenvalue weighted by molar-refractivity contribution is 5.95. The second-order valence-electron chi connectivity index (χ2n) is 7.21. The molecule has 1 aliphatic rings. The molecule has 1 unspecified atom stereocenters. The molecule has 4 aromatic rings. The maximum absolute atomic E-state index is 12.7. The van der Waals surface area contributed by atoms with Crippen LogP contribution in [0, 0.1) is 0 Å². The maximum atomic E-state index is 12.7. The average Bonchev–Trinajstić information content (AvgIpc) is 3.44. The summed E-state index contributed by atoms with van der Waals surface area (Å²) in [4.78, 5) is 16.2. The van der Waals surface area contributed by atoms with Gasteiger partial charge in [0.1, 0.15) is 5.75 Å². The van der Waals surface area contributed by atoms with E-state index in [0.29, 0.717) is 5.56 Å². The molecule has 2 N–H and O–H groups in total. The number of hydrogen-bond donors (Lipinski definition) is 2. The molecular weight excluding hydrogens is 350 g/mol. The Balaban J connectivity index is 1.30. The molecule has 0 spiro atoms. The highest BCUT2D eigenvalue weighted by Crippen LogP contribution is 2.32. The number of benzene rings is 2. The Kier molecular flexibility index (Phi) is 3.93. The number of fused-ring (bicyclic) bond motifs is 3. The van der Waals surface area contributed by atoms with Crippen LogP contribution in [0.4, 0.5) is 0 Å². The van der Waals surface area contributed by atoms with Gasteiger partial charge in [-0.25, -0.2) is 0 Å². The monoisotopic (exact) mass is 371 g/mol. The van der Waals surface area contributed by atoms with Gasteiger partial charge in [-0.1, -0.05) is 0 Å². The minimum absolute atomic E-state index is 0.0314. The summed E-state index contributed by atoms with van der Waals surface area (Å²) in [6.07, 6.45) is 5.62. The second kappa shape index (κ2) is 6.60. The van der Waals surface area contributed by atoms with E-state index in [2.05, 4.69) is 16.4 Å². The van der Waals surface area contributed by atoms with Crippen molar-refractivity contribution in [2.24, 2.45) is 0 Å². The van der Waals surface area contributed by atoms with E-state index >= 15 is 0 Å². The molecule has 2 aromatic heterocycles. The zero-order valence-electron chi connectivity index (χ0n) is 15.6. The van der Waals surface area contributed by atoms with Gasteiger partial charge in [0.05, 0.1) is 7.11 Å². The molecular formula is C23H21N3O2. The number of hydrogen-bond acceptors (Lipinski definition) is 2. The lowest BCUT2D eigenvalue weighted by atomic mass is 10.1. The largest absolute Gasteiger partial charge is 0.497 e. The van der Waals surface area contributed by atoms with E-state index in [4.69, 9.17) is 4.74 Å². The fourth-order valence-corrected chi connectivity index (χ4v) is 4.04. The highest BCUT2D eigenvalue weighted by atomic mass is 16.5. The molecule has 0 bridgehead atoms. The van der Waals surface area contributed by atoms with Crippen LogP contribution in [0.5, 0.6) is 5.75 Å². The molecule has 1 amide bonds. The van der Waals surface area contributed by atoms with Crippen LogP contribution in [0.1, 0.15) is 21.6 Å². The Hall–Kier alpha value is -3.47. The fraction of sp³-hybridized carbons (Fsp3) is 0.174. The molecule has 1 aliphatic carbocycles. The first-order valence-corrected chi connectivity index (χ1v) is 9.43. The number of ether oxygens (including phenoxy) is 1. The third-order valence-electron chi connectivity index (χ3n) is 5.47. The molecule has 2 aromatic carbocycles. The van der Waals surface area contributed by atoms with Crippen LogP contribution < -0.4 is 10.1 Å². The Bertz CT molecular complexity index is 1140. The Morgan fingerprint density at radius 2 is 1.89 bits per heavy atom. The summed E-state index contributed by atoms with van der Waals surface area (Å²) in [5, 5.41) is 4.36. The summed E-state index contributed by atoms with van der Waals surface area (Å²) >= 11 is 0. The molecule has 0 radical (unpaired) electrons. The standard InChI is InChI=1S/C23H21N3O2/c1-28-18-8-9-21-20(14-18)19-12-16(13-22(19)25-21)24-23(27)15-4-6-17(7-5-15)26-10-2-3-11-26/h2-11,14,16,25H,12-13H2,1H3,(H,24,27). The normalized spacial score (nSPS) is 15.5. The van der Waals surface area contributed by atoms with Crippen molar-refractivity contribution >= 4 is 16.8 Å². The van der Waals surface area contributed by atoms with E-state index in [9.17, 15) is 4.79 Å². The van der Waals surface area contributed by atoms with Gasteiger partial charge in [0.25, 0.3) is 5.91 Å². The van der Waals surface area contributed by atoms with Crippen molar-refractivity contribution in [1.29, 1.82) is 0 Å². The molecule has 5 rings (SSSR count). The molecule has 0 saturated heterocycles. The average molecular weight is 371 g/mol. The number of amides is 1. The van der Waals surface area contributed by atoms with Gasteiger partial charge in [-0.2, -0.15) is 0 Å². The number of methoxy groups -OCH3 is 1. The summed E-state index contributed by atoms with van der Waals surface area (Å²) in [6, 6.07) is 17.8. The van der Waals surface area contributed by atoms with Crippen LogP contribution in [0.25, 0.3) is 16.6 Å². The van der Waals surface area contributed by atoms with Crippen LogP contribution >= 0.6 is 0 Å². The van der Waals surface area contributed by atoms with Gasteiger partial charge in [0.2, 0.25) is 0 Å². The molecule has 2 heterocycles. The lowest BCUT2D eigenvalue weighted by Gasteiger charge is -2.13. The molecule has 0 aliphatic heterocycles. The maximum Gasteiger partial charge on any atom is 0.251 e. The van der Waals surface area contributed by atoms with Crippen LogP contribution in [-0.2, 0) is 12.8 Å². The molecule has 5 heteroatoms. The van der Waals surface area contributed by atoms with Crippen LogP contribution in [0.15, 0.2) is 67.0 Å². The molecule has 140 valence electrons. The van der Waals surface area contributed by atoms with Gasteiger partial charge in [-0.15, -0.1) is 0 Å². The van der Waals surface area contributed by atoms with E-state index in [0.717, 1.165) is 29.8 Å². The third-order valence-corrected chi connectivity index (χ3v) is 5.47. The van der Waals surface area contributed by atoms with Crippen molar-refractivity contribution in [3.63, 3.8) is 0 Å². The lowest BCUT2D eigenvalue weighted by Crippen LogP contribution is -2.35. The summed E-state index contributed by atoms with van der Waals surface area (Å²) in [7, 11) is 1.68. The minimum Gasteiger partial charge on any atom is -0.497 e. The number of rotatable bonds is 4. The molecule has 5 nitrogen and oxygen atoms in total. The van der Waals surface area contributed by atoms with E-state index in [1.807, 2.05) is 65.5 Å². The predicted molar refractivity (Wildman–Crippen MR) is 109 cm³/mol. The topological polar surface area (TPSA) is 59.0 Å². The summed E-state index contributed by atoms with van der Waals surface area (Å²) in [5.41, 5.74) is 5.32. The van der Waals surface area contributed by atoms with Crippen molar-refractivity contribution in [3.05, 3.63) is 83.8 Å². The predicted octanol–water partition coefficient (Wildman–Crippen LogP) is 3.86. The van der Waals surface area contributed by atoms with Gasteiger partial charge >= 0.3 is 0 Å². The number of nitrogens with zero attached hydrogens (tertiary/aromatic N) is 1. The molecule has 1 atom stereocenters. The Morgan fingerprint density at radius 3 is 2.64 bits per heavy atom. The van der Waals surface area contributed by atoms with E-state index < -0.39 is 0 Å². The van der Waals surface area contributed by atoms with Gasteiger partial charge in [0.15, 0.2) is 0 Å². The SMILES string of the molecule is COc1ccc2[nH]c3c(c2c1)CC(NC(=O)c1ccc(-n2cccc2)cc1)C3. The first kappa shape index (κ1) is 16.7. The second-order valence-corrected chi connectivity index (χ2v) is 7.21. The van der Waals surface area contributed by atoms with E-state index in [1.54, 1.807) is 7.11 Å². The van der Waals surface area contributed by atoms with Crippen molar-refractivity contribution in [2.75, 3.05) is 7.11 Å². The van der Waals surface area contributed by atoms with Crippen LogP contribution in [0.2, 0.25) is 0 Å². The number of aromatic nitrogens is 2. The smallest absolute Gasteiger partial charge is 0.251 e. The Morgan fingerprint density at radius 1 is 1.11 bits per heavy atom. The van der Waals surface area contributed by atoms with Gasteiger partial charge in [0, 0.05) is 52.7 Å². The molecule has 0 saturated carbocycles. The van der Waals surface area contributed by atoms with Crippen molar-refractivity contribution in [3.8, 4) is 11.4 Å². The quantitative estimate of drug-likeness (QED) is 0.572. The number of carbonyl (C=O) groups excluding carboxylic acids is 1. The number of H-pyrrole nitrogens is 1. The van der Waals surface area contributed by atoms with Gasteiger partial charge in [-0.05, 0) is 66.6 Å². The van der Waals surface area contributed by atoms with Gasteiger partial charge < -0.3 is 19.6 Å². The van der Waals surface area contributed by atoms with Crippen molar-refractivity contribution in [1.82, 2.24) is 14.9 Å². The molecule has 0 fully saturated rings. The van der Waals surface area contributed by atoms with Crippen LogP contribution in [0.3, 0.4) is 0 Å². The number of nitrogens with one attached hydrogen (secondary N) is 2. The third kappa shape index (κ3) is 2.85. The first-order valence-electron chi connectivity index (χ1n) is 9.43. The fourth-order valence-electron chi connectivity index (χ4n) is 4.04. The van der Waals surface area contributed by atoms with E-state index in [1.165, 1.54) is 16.6 Å². The first-order chi connectivity index (χ1) is 13.7. The van der Waals surface area contributed by atoms with Crippen molar-refractivity contribution in [2.45, 2.75) is 18.9 Å². The van der Waals surface area contributed by atoms with Crippen LogP contribution in [-0.4, -0.2) is 28.6 Å². The minimum atomic E-state index is -0.0314. The summed E-state index contributed by atoms with van der Waals surface area (Å²) < 4.78 is 7.37. The van der Waals surface area contributed by atoms with Gasteiger partial charge in [-0.3, -0.25) is 4.79 Å². The summed E-state index contributed by atoms with van der Waals surface area (Å²) in [6.45, 7) is 0. The zero-order valence-corrected chi connectivity index (χ0v) is 15.6. The highest BCUT2D eigenvalue weighted by Gasteiger charge is 2.27. The Labute approximate surface area is 162 Å². The summed E-state index contributed by atoms with van der Waals surface area (Å²) in [5.74, 6) is 0.820.